The third-order valence-corrected chi connectivity index (χ3v) is 6.72. The zero-order valence-corrected chi connectivity index (χ0v) is 21.0. The van der Waals surface area contributed by atoms with Crippen LogP contribution in [0.4, 0.5) is 5.69 Å². The lowest BCUT2D eigenvalue weighted by molar-refractivity contribution is -0.117. The van der Waals surface area contributed by atoms with Crippen LogP contribution < -0.4 is 4.90 Å². The third-order valence-electron chi connectivity index (χ3n) is 5.93. The van der Waals surface area contributed by atoms with Crippen LogP contribution >= 0.6 is 27.5 Å². The second-order valence-corrected chi connectivity index (χ2v) is 9.84. The van der Waals surface area contributed by atoms with E-state index in [4.69, 9.17) is 16.0 Å². The number of halogens is 2. The monoisotopic (exact) mass is 551 g/mol. The van der Waals surface area contributed by atoms with Gasteiger partial charge in [-0.25, -0.2) is 0 Å². The number of carbonyl (C=O) groups is 2. The van der Waals surface area contributed by atoms with Crippen molar-refractivity contribution in [3.8, 4) is 5.75 Å². The number of fused-ring (bicyclic) bond motifs is 1. The molecule has 1 aliphatic heterocycles. The number of rotatable bonds is 4. The number of hydrogen-bond acceptors (Lipinski definition) is 5. The van der Waals surface area contributed by atoms with E-state index in [-0.39, 0.29) is 22.1 Å². The fourth-order valence-corrected chi connectivity index (χ4v) is 5.03. The summed E-state index contributed by atoms with van der Waals surface area (Å²) in [6.45, 7) is 3.80. The van der Waals surface area contributed by atoms with E-state index in [1.807, 2.05) is 26.0 Å². The Hall–Kier alpha value is -3.55. The van der Waals surface area contributed by atoms with Crippen molar-refractivity contribution in [1.82, 2.24) is 0 Å². The fourth-order valence-electron chi connectivity index (χ4n) is 4.46. The molecule has 1 aliphatic rings. The van der Waals surface area contributed by atoms with Crippen LogP contribution in [0.1, 0.15) is 33.3 Å². The maximum atomic E-state index is 13.7. The Morgan fingerprint density at radius 1 is 1.00 bits per heavy atom. The Morgan fingerprint density at radius 3 is 2.40 bits per heavy atom. The molecule has 5 rings (SSSR count). The van der Waals surface area contributed by atoms with E-state index in [2.05, 4.69) is 15.9 Å². The number of carbonyl (C=O) groups excluding carboxylic acids is 2. The summed E-state index contributed by atoms with van der Waals surface area (Å²) in [5.74, 6) is -2.15. The van der Waals surface area contributed by atoms with Gasteiger partial charge in [0.25, 0.3) is 5.91 Å². The van der Waals surface area contributed by atoms with Gasteiger partial charge in [-0.2, -0.15) is 0 Å². The van der Waals surface area contributed by atoms with Crippen molar-refractivity contribution in [2.75, 3.05) is 4.90 Å². The number of aryl methyl sites for hydroxylation is 2. The summed E-state index contributed by atoms with van der Waals surface area (Å²) in [5, 5.41) is 21.7. The number of aliphatic hydroxyl groups is 1. The Bertz CT molecular complexity index is 1550. The van der Waals surface area contributed by atoms with Gasteiger partial charge in [0.1, 0.15) is 11.3 Å². The Balaban J connectivity index is 1.69. The molecule has 1 amide bonds. The number of nitrogens with zero attached hydrogens (tertiary/aromatic N) is 1. The number of phenolic OH excluding ortho intramolecular Hbond substituents is 1. The maximum Gasteiger partial charge on any atom is 0.294 e. The van der Waals surface area contributed by atoms with E-state index in [0.717, 1.165) is 15.6 Å². The highest BCUT2D eigenvalue weighted by molar-refractivity contribution is 9.10. The molecule has 0 bridgehead atoms. The summed E-state index contributed by atoms with van der Waals surface area (Å²) < 4.78 is 6.60. The van der Waals surface area contributed by atoms with Crippen LogP contribution in [0.5, 0.6) is 5.75 Å². The molecule has 0 spiro atoms. The van der Waals surface area contributed by atoms with Crippen LogP contribution in [0.2, 0.25) is 5.02 Å². The van der Waals surface area contributed by atoms with Crippen molar-refractivity contribution in [2.45, 2.75) is 19.9 Å². The number of phenols is 1. The molecule has 1 aromatic heterocycles. The highest BCUT2D eigenvalue weighted by atomic mass is 79.9. The molecule has 0 radical (unpaired) electrons. The van der Waals surface area contributed by atoms with Crippen LogP contribution in [0.25, 0.3) is 11.0 Å². The predicted octanol–water partition coefficient (Wildman–Crippen LogP) is 6.95. The summed E-state index contributed by atoms with van der Waals surface area (Å²) in [6, 6.07) is 15.9. The van der Waals surface area contributed by atoms with Crippen molar-refractivity contribution >= 4 is 55.9 Å². The van der Waals surface area contributed by atoms with Gasteiger partial charge >= 0.3 is 0 Å². The molecule has 4 aromatic rings. The lowest BCUT2D eigenvalue weighted by Gasteiger charge is -2.27. The third kappa shape index (κ3) is 4.00. The molecule has 2 heterocycles. The van der Waals surface area contributed by atoms with Gasteiger partial charge in [-0.1, -0.05) is 39.7 Å². The molecule has 2 N–H and O–H groups in total. The molecular weight excluding hydrogens is 534 g/mol. The number of aliphatic hydroxyl groups excluding tert-OH is 1. The Labute approximate surface area is 214 Å². The number of anilines is 1. The highest BCUT2D eigenvalue weighted by Gasteiger charge is 2.45. The normalized spacial score (nSPS) is 15.9. The lowest BCUT2D eigenvalue weighted by Crippen LogP contribution is -2.31. The van der Waals surface area contributed by atoms with Gasteiger partial charge in [-0.05, 0) is 79.1 Å². The van der Waals surface area contributed by atoms with E-state index in [9.17, 15) is 19.8 Å². The van der Waals surface area contributed by atoms with Crippen LogP contribution in [0, 0.1) is 13.8 Å². The van der Waals surface area contributed by atoms with Gasteiger partial charge in [0.2, 0.25) is 5.78 Å². The van der Waals surface area contributed by atoms with Gasteiger partial charge < -0.3 is 14.6 Å². The first-order chi connectivity index (χ1) is 16.6. The van der Waals surface area contributed by atoms with Crippen LogP contribution in [0.3, 0.4) is 0 Å². The van der Waals surface area contributed by atoms with Crippen LogP contribution in [0.15, 0.2) is 80.9 Å². The molecule has 0 saturated carbocycles. The number of amides is 1. The van der Waals surface area contributed by atoms with E-state index in [1.165, 1.54) is 17.0 Å². The summed E-state index contributed by atoms with van der Waals surface area (Å²) in [4.78, 5) is 28.5. The van der Waals surface area contributed by atoms with Gasteiger partial charge in [0.05, 0.1) is 16.6 Å². The van der Waals surface area contributed by atoms with Crippen molar-refractivity contribution in [3.63, 3.8) is 0 Å². The second-order valence-electron chi connectivity index (χ2n) is 8.52. The summed E-state index contributed by atoms with van der Waals surface area (Å²) in [5.41, 5.74) is 3.16. The number of Topliss-reactive ketones (excluding diaryl/α,β-unsaturated/α-hetero) is 1. The summed E-state index contributed by atoms with van der Waals surface area (Å²) >= 11 is 9.58. The first-order valence-corrected chi connectivity index (χ1v) is 11.9. The van der Waals surface area contributed by atoms with Crippen molar-refractivity contribution in [1.29, 1.82) is 0 Å². The number of aromatic hydroxyl groups is 1. The average molecular weight is 553 g/mol. The van der Waals surface area contributed by atoms with E-state index in [1.54, 1.807) is 36.4 Å². The number of furan rings is 1. The minimum atomic E-state index is -0.991. The highest BCUT2D eigenvalue weighted by Crippen LogP contribution is 2.44. The molecule has 0 fully saturated rings. The largest absolute Gasteiger partial charge is 0.506 e. The Kier molecular flexibility index (Phi) is 5.69. The van der Waals surface area contributed by atoms with Crippen LogP contribution in [-0.4, -0.2) is 21.9 Å². The lowest BCUT2D eigenvalue weighted by atomic mass is 9.94. The number of hydrogen-bond donors (Lipinski definition) is 2. The smallest absolute Gasteiger partial charge is 0.294 e. The van der Waals surface area contributed by atoms with Gasteiger partial charge in [0, 0.05) is 15.5 Å². The molecule has 6 nitrogen and oxygen atoms in total. The molecule has 1 atom stereocenters. The Morgan fingerprint density at radius 2 is 1.71 bits per heavy atom. The first kappa shape index (κ1) is 23.2. The summed E-state index contributed by atoms with van der Waals surface area (Å²) in [7, 11) is 0. The number of ketones is 1. The molecule has 3 aromatic carbocycles. The zero-order chi connectivity index (χ0) is 25.0. The van der Waals surface area contributed by atoms with E-state index in [0.29, 0.717) is 22.2 Å². The minimum absolute atomic E-state index is 0.00963. The average Bonchev–Trinajstić information content (AvgIpc) is 3.33. The van der Waals surface area contributed by atoms with Gasteiger partial charge in [0.15, 0.2) is 11.5 Å². The number of benzene rings is 3. The first-order valence-electron chi connectivity index (χ1n) is 10.7. The predicted molar refractivity (Wildman–Crippen MR) is 137 cm³/mol. The van der Waals surface area contributed by atoms with Gasteiger partial charge in [-0.3, -0.25) is 14.5 Å². The molecule has 0 saturated heterocycles. The quantitative estimate of drug-likeness (QED) is 0.267. The van der Waals surface area contributed by atoms with Crippen molar-refractivity contribution in [3.05, 3.63) is 104 Å². The van der Waals surface area contributed by atoms with E-state index < -0.39 is 23.5 Å². The van der Waals surface area contributed by atoms with Crippen molar-refractivity contribution < 1.29 is 24.2 Å². The second kappa shape index (κ2) is 8.59. The van der Waals surface area contributed by atoms with E-state index >= 15 is 0 Å². The molecule has 1 unspecified atom stereocenters. The van der Waals surface area contributed by atoms with Crippen LogP contribution in [-0.2, 0) is 4.79 Å². The topological polar surface area (TPSA) is 91.0 Å². The molecule has 0 aliphatic carbocycles. The molecule has 35 heavy (non-hydrogen) atoms. The minimum Gasteiger partial charge on any atom is -0.506 e. The summed E-state index contributed by atoms with van der Waals surface area (Å²) in [6.07, 6.45) is 0. The molecule has 176 valence electrons. The van der Waals surface area contributed by atoms with Crippen molar-refractivity contribution in [2.24, 2.45) is 0 Å². The fraction of sp³-hybridized carbons (Fsp3) is 0.111. The zero-order valence-electron chi connectivity index (χ0n) is 18.7. The molecular formula is C27H19BrClNO5. The molecule has 8 heteroatoms. The van der Waals surface area contributed by atoms with Gasteiger partial charge in [-0.15, -0.1) is 0 Å². The standard InChI is InChI=1S/C27H19BrClNO5/c1-13-7-14(2)9-18(8-13)30-24(15-3-5-20(31)19(29)11-15)23(26(33)27(30)34)25(32)22-12-16-10-17(28)4-6-21(16)35-22/h3-12,24,31,33H,1-2H3. The SMILES string of the molecule is Cc1cc(C)cc(N2C(=O)C(O)=C(C(=O)c3cc4cc(Br)ccc4o3)C2c2ccc(O)c(Cl)c2)c1. The maximum absolute atomic E-state index is 13.7.